The largest absolute Gasteiger partial charge is 1.00 e. The maximum absolute atomic E-state index is 13.9. The van der Waals surface area contributed by atoms with Crippen molar-refractivity contribution in [3.63, 3.8) is 0 Å². The summed E-state index contributed by atoms with van der Waals surface area (Å²) >= 11 is 0.940. The second-order valence-corrected chi connectivity index (χ2v) is 30.4. The number of halogens is 2. The fourth-order valence-electron chi connectivity index (χ4n) is 13.1. The molecule has 4 aromatic rings. The Morgan fingerprint density at radius 1 is 0.875 bits per heavy atom. The van der Waals surface area contributed by atoms with Crippen LogP contribution in [0.2, 0.25) is 0 Å². The summed E-state index contributed by atoms with van der Waals surface area (Å²) in [5.74, 6) is -8.71. The van der Waals surface area contributed by atoms with Crippen molar-refractivity contribution in [1.29, 1.82) is 5.26 Å². The van der Waals surface area contributed by atoms with E-state index in [4.69, 9.17) is 30.0 Å². The zero-order chi connectivity index (χ0) is 80.1. The normalized spacial score (nSPS) is 17.8. The third-order valence-electron chi connectivity index (χ3n) is 18.6. The van der Waals surface area contributed by atoms with Crippen molar-refractivity contribution in [2.75, 3.05) is 43.4 Å². The van der Waals surface area contributed by atoms with Gasteiger partial charge in [-0.1, -0.05) is 42.3 Å². The molecule has 1 aromatic heterocycles. The Morgan fingerprint density at radius 3 is 2.21 bits per heavy atom. The average molecular weight is 1650 g/mol. The van der Waals surface area contributed by atoms with E-state index in [9.17, 15) is 70.5 Å². The number of hydrogen-bond donors (Lipinski definition) is 4. The Hall–Kier alpha value is -6.95. The number of nitrogens with zero attached hydrogens (tertiary/aromatic N) is 6. The van der Waals surface area contributed by atoms with Crippen molar-refractivity contribution in [2.45, 2.75) is 164 Å². The van der Waals surface area contributed by atoms with Crippen LogP contribution in [0.1, 0.15) is 143 Å². The number of amides is 6. The van der Waals surface area contributed by atoms with Crippen molar-refractivity contribution in [2.24, 2.45) is 5.92 Å². The molecule has 0 bridgehead atoms. The molecule has 9 rings (SSSR count). The predicted molar refractivity (Wildman–Crippen MR) is 394 cm³/mol. The molecule has 2 fully saturated rings. The van der Waals surface area contributed by atoms with Gasteiger partial charge in [0, 0.05) is 111 Å². The number of hydrogen-bond acceptors (Lipinski definition) is 22. The first-order chi connectivity index (χ1) is 51.5. The van der Waals surface area contributed by atoms with Gasteiger partial charge in [0.15, 0.2) is 5.71 Å². The fraction of sp³-hybridized carbons (Fsp3) is 0.427. The molecule has 4 N–H and O–H groups in total. The molecule has 2 unspecified atom stereocenters. The molecule has 0 radical (unpaired) electrons. The summed E-state index contributed by atoms with van der Waals surface area (Å²) in [5, 5.41) is 26.1. The number of Topliss-reactive ketones (excluding diaryl/α,β-unsaturated/α-hetero) is 1. The predicted octanol–water partition coefficient (Wildman–Crippen LogP) is -1.61. The van der Waals surface area contributed by atoms with Gasteiger partial charge in [0.05, 0.1) is 46.3 Å². The number of fused-ring (bicyclic) bond motifs is 2. The van der Waals surface area contributed by atoms with Crippen LogP contribution >= 0.6 is 11.8 Å². The van der Waals surface area contributed by atoms with Gasteiger partial charge in [-0.25, -0.2) is 17.2 Å². The Bertz CT molecular complexity index is 4690. The second-order valence-electron chi connectivity index (χ2n) is 26.9. The molecule has 584 valence electrons. The standard InChI is InChI=1S/C75H86F2N9O13S2.3Na.2O3S/c1-7-9-33-83-56(38-53-36-47(3)14-25-62(53)83)20-18-50-12-11-13-51(19-27-65-74(5,6)61-40-60(101(96,97)98)24-26-63(61)84(65)34-10-8-2)69(50)99-59-22-15-49(16-23-59)17-28-66(88)80-32-35-85-68(90)41-64(72(85)93)100-45-54(73(94)95)39-58(87)21-29-67(89)81-44-55-37-52(30-31-79-55)70(91)82-48(4)71(92)86-46-75(76,77)42-57(86)43-78;;;;2*1-4(2)3/h14-16,18-20,22-27,30-31,36-37,40,48,54,57,64H,1-2,7-13,17,21,28-29,32-35,38-39,41-42,44-46H2,3-6H3,(H,80,88)(H,81,89)(H,82,91)(H,94,95)(H,96,97,98);;;;;/q-1;3*+1;;/p-1/t48-,54?,57+,64?;;;;;/m1...../s1. The number of carboxylic acid groups (broad SMARTS) is 1. The van der Waals surface area contributed by atoms with Crippen LogP contribution in [0.3, 0.4) is 0 Å². The molecule has 5 aliphatic rings. The molecule has 3 aromatic carbocycles. The quantitative estimate of drug-likeness (QED) is 0.0140. The summed E-state index contributed by atoms with van der Waals surface area (Å²) in [6.07, 6.45) is 14.5. The minimum atomic E-state index is -4.70. The van der Waals surface area contributed by atoms with Crippen LogP contribution in [-0.4, -0.2) is 177 Å². The zero-order valence-corrected chi connectivity index (χ0v) is 72.7. The monoisotopic (exact) mass is 1650 g/mol. The summed E-state index contributed by atoms with van der Waals surface area (Å²) in [6, 6.07) is 20.4. The van der Waals surface area contributed by atoms with Crippen molar-refractivity contribution < 1.29 is 188 Å². The number of carboxylic acids is 1. The van der Waals surface area contributed by atoms with Crippen LogP contribution in [-0.2, 0) is 89.7 Å². The number of imide groups is 1. The third-order valence-corrected chi connectivity index (χ3v) is 20.8. The molecule has 0 saturated carbocycles. The van der Waals surface area contributed by atoms with Crippen LogP contribution in [0.4, 0.5) is 20.2 Å². The number of thioether (sulfide) groups is 1. The summed E-state index contributed by atoms with van der Waals surface area (Å²) in [7, 11) is -10.9. The number of aromatic nitrogens is 1. The summed E-state index contributed by atoms with van der Waals surface area (Å²) in [6.45, 7) is 15.9. The van der Waals surface area contributed by atoms with E-state index in [0.29, 0.717) is 37.3 Å². The van der Waals surface area contributed by atoms with E-state index in [1.54, 1.807) is 12.1 Å². The van der Waals surface area contributed by atoms with Crippen LogP contribution in [0.15, 0.2) is 131 Å². The van der Waals surface area contributed by atoms with Crippen LogP contribution in [0.25, 0.3) is 0 Å². The number of unbranched alkanes of at least 4 members (excludes halogenated alkanes) is 2. The number of aryl methyl sites for hydroxylation is 2. The van der Waals surface area contributed by atoms with Gasteiger partial charge in [0.25, 0.3) is 11.8 Å². The molecule has 28 nitrogen and oxygen atoms in total. The summed E-state index contributed by atoms with van der Waals surface area (Å²) in [5.41, 5.74) is 9.82. The van der Waals surface area contributed by atoms with Crippen molar-refractivity contribution in [1.82, 2.24) is 30.7 Å². The Morgan fingerprint density at radius 2 is 1.55 bits per heavy atom. The van der Waals surface area contributed by atoms with Gasteiger partial charge in [-0.2, -0.15) is 22.7 Å². The van der Waals surface area contributed by atoms with Crippen LogP contribution < -0.4 is 114 Å². The number of anilines is 1. The van der Waals surface area contributed by atoms with E-state index in [-0.39, 0.29) is 162 Å². The zero-order valence-electron chi connectivity index (χ0n) is 63.5. The smallest absolute Gasteiger partial charge is 0.744 e. The third kappa shape index (κ3) is 28.2. The Balaban J connectivity index is 0.00000229. The number of carbonyl (C=O) groups excluding carboxylic acids is 7. The molecular weight excluding hydrogens is 1570 g/mol. The van der Waals surface area contributed by atoms with Gasteiger partial charge < -0.3 is 54.0 Å². The van der Waals surface area contributed by atoms with E-state index in [1.807, 2.05) is 38.1 Å². The number of nitriles is 1. The summed E-state index contributed by atoms with van der Waals surface area (Å²) < 4.78 is 124. The number of aliphatic carboxylic acids is 1. The topological polar surface area (TPSA) is 411 Å². The number of carbonyl (C=O) groups is 8. The minimum Gasteiger partial charge on any atom is -0.744 e. The number of allylic oxidation sites excluding steroid dienone is 7. The van der Waals surface area contributed by atoms with Gasteiger partial charge in [-0.05, 0) is 137 Å². The molecule has 0 spiro atoms. The first kappa shape index (κ1) is 97.4. The SMILES string of the molecule is O=S(=O)=O.O=S(=O)=O.[CH2-]CCCN1C(=CC=C2CCCC(C=CC3=[N+](CCC[CH2-])c4ccc(S(=O)(=O)[O-])cc4C3(C)C)=C2Oc2ccc(CCC(=O)NCCN3C(=O)CC(SCC(CC(=O)CCC(=O)NCc4cc(C(=O)N[C@H](C)C(=O)N5CC(F)(F)C[C@H]5C#N)ccn4)C(=O)O)C3=O)cc2)Cc2cc(C)ccc21.[Na+].[Na+].[Na+]. The maximum atomic E-state index is 13.9. The van der Waals surface area contributed by atoms with E-state index in [1.165, 1.54) is 59.9 Å². The van der Waals surface area contributed by atoms with Gasteiger partial charge in [0.2, 0.25) is 35.2 Å². The first-order valence-electron chi connectivity index (χ1n) is 34.9. The van der Waals surface area contributed by atoms with Crippen molar-refractivity contribution >= 4 is 107 Å². The first-order valence-corrected chi connectivity index (χ1v) is 39.4. The Kier molecular flexibility index (Phi) is 39.5. The molecule has 4 atom stereocenters. The minimum absolute atomic E-state index is 0. The number of pyridine rings is 1. The molecule has 4 aliphatic heterocycles. The van der Waals surface area contributed by atoms with Gasteiger partial charge in [0.1, 0.15) is 46.0 Å². The molecule has 37 heteroatoms. The maximum Gasteiger partial charge on any atom is 1.00 e. The molecule has 5 heterocycles. The fourth-order valence-corrected chi connectivity index (χ4v) is 14.9. The number of ether oxygens (including phenoxy) is 1. The van der Waals surface area contributed by atoms with Gasteiger partial charge in [-0.3, -0.25) is 48.2 Å². The van der Waals surface area contributed by atoms with E-state index < -0.39 is 127 Å². The summed E-state index contributed by atoms with van der Waals surface area (Å²) in [4.78, 5) is 111. The molecule has 2 saturated heterocycles. The Labute approximate surface area is 723 Å². The number of likely N-dealkylation sites (tertiary alicyclic amines) is 2. The van der Waals surface area contributed by atoms with Gasteiger partial charge >= 0.3 is 116 Å². The van der Waals surface area contributed by atoms with Crippen molar-refractivity contribution in [3.8, 4) is 11.8 Å². The molecule has 1 aliphatic carbocycles. The van der Waals surface area contributed by atoms with E-state index >= 15 is 0 Å². The molecule has 6 amide bonds. The molecule has 112 heavy (non-hydrogen) atoms. The second kappa shape index (κ2) is 45.4. The van der Waals surface area contributed by atoms with Crippen molar-refractivity contribution in [3.05, 3.63) is 173 Å². The number of nitrogens with one attached hydrogen (secondary N) is 3. The van der Waals surface area contributed by atoms with Gasteiger partial charge in [-0.15, -0.1) is 37.0 Å². The van der Waals surface area contributed by atoms with E-state index in [0.717, 1.165) is 100 Å². The van der Waals surface area contributed by atoms with E-state index in [2.05, 4.69) is 93.7 Å². The van der Waals surface area contributed by atoms with Crippen LogP contribution in [0, 0.1) is 38.0 Å². The number of benzene rings is 3. The number of ketones is 1. The van der Waals surface area contributed by atoms with Crippen LogP contribution in [0.5, 0.6) is 5.75 Å². The molecular formula is C75H85F2N9Na3O19S4+. The number of rotatable bonds is 32. The number of alkyl halides is 2. The average Bonchev–Trinajstić information content (AvgIpc) is 1.58.